The van der Waals surface area contributed by atoms with Crippen LogP contribution >= 0.6 is 0 Å². The van der Waals surface area contributed by atoms with E-state index in [-0.39, 0.29) is 0 Å². The van der Waals surface area contributed by atoms with E-state index in [4.69, 9.17) is 4.42 Å². The van der Waals surface area contributed by atoms with Gasteiger partial charge in [0.25, 0.3) is 0 Å². The smallest absolute Gasteiger partial charge is 0.141 e. The van der Waals surface area contributed by atoms with E-state index in [9.17, 15) is 0 Å². The van der Waals surface area contributed by atoms with E-state index in [1.807, 2.05) is 25.3 Å². The Hall–Kier alpha value is -2.49. The molecule has 0 radical (unpaired) electrons. The van der Waals surface area contributed by atoms with Crippen molar-refractivity contribution in [2.75, 3.05) is 18.0 Å². The molecule has 4 nitrogen and oxygen atoms in total. The zero-order valence-electron chi connectivity index (χ0n) is 14.3. The first-order valence-electron chi connectivity index (χ1n) is 8.59. The van der Waals surface area contributed by atoms with Gasteiger partial charge in [-0.2, -0.15) is 0 Å². The first-order chi connectivity index (χ1) is 11.7. The largest absolute Gasteiger partial charge is 0.466 e. The molecule has 0 spiro atoms. The van der Waals surface area contributed by atoms with Crippen molar-refractivity contribution in [3.8, 4) is 0 Å². The van der Waals surface area contributed by atoms with Gasteiger partial charge in [-0.15, -0.1) is 0 Å². The number of anilines is 1. The van der Waals surface area contributed by atoms with E-state index < -0.39 is 0 Å². The molecule has 4 heterocycles. The molecule has 0 aliphatic carbocycles. The topological polar surface area (TPSA) is 34.2 Å². The summed E-state index contributed by atoms with van der Waals surface area (Å²) in [5, 5.41) is 1.24. The predicted molar refractivity (Wildman–Crippen MR) is 97.4 cm³/mol. The maximum Gasteiger partial charge on any atom is 0.141 e. The Morgan fingerprint density at radius 3 is 2.88 bits per heavy atom. The van der Waals surface area contributed by atoms with Crippen LogP contribution in [0.2, 0.25) is 0 Å². The number of aryl methyl sites for hydroxylation is 3. The van der Waals surface area contributed by atoms with Crippen LogP contribution in [-0.2, 0) is 13.5 Å². The number of rotatable bonds is 4. The Balaban J connectivity index is 1.45. The SMILES string of the molecule is Cc1ccc(CCC2=CCN(c3cn(C)c4ncccc34)CC2)o1. The number of nitrogens with zero attached hydrogens (tertiary/aromatic N) is 3. The van der Waals surface area contributed by atoms with Gasteiger partial charge in [-0.05, 0) is 44.0 Å². The molecule has 124 valence electrons. The van der Waals surface area contributed by atoms with Crippen molar-refractivity contribution in [1.29, 1.82) is 0 Å². The third-order valence-corrected chi connectivity index (χ3v) is 4.85. The highest BCUT2D eigenvalue weighted by molar-refractivity contribution is 5.91. The highest BCUT2D eigenvalue weighted by Crippen LogP contribution is 2.29. The van der Waals surface area contributed by atoms with Gasteiger partial charge in [0, 0.05) is 44.3 Å². The van der Waals surface area contributed by atoms with Crippen LogP contribution in [-0.4, -0.2) is 22.6 Å². The van der Waals surface area contributed by atoms with Gasteiger partial charge in [0.1, 0.15) is 17.2 Å². The predicted octanol–water partition coefficient (Wildman–Crippen LogP) is 4.24. The zero-order valence-corrected chi connectivity index (χ0v) is 14.3. The molecule has 0 amide bonds. The number of hydrogen-bond donors (Lipinski definition) is 0. The summed E-state index contributed by atoms with van der Waals surface area (Å²) >= 11 is 0. The van der Waals surface area contributed by atoms with Crippen LogP contribution in [0, 0.1) is 6.92 Å². The summed E-state index contributed by atoms with van der Waals surface area (Å²) in [6.45, 7) is 4.04. The quantitative estimate of drug-likeness (QED) is 0.674. The van der Waals surface area contributed by atoms with Gasteiger partial charge in [-0.25, -0.2) is 4.98 Å². The number of furan rings is 1. The Kier molecular flexibility index (Phi) is 3.89. The summed E-state index contributed by atoms with van der Waals surface area (Å²) < 4.78 is 7.78. The lowest BCUT2D eigenvalue weighted by atomic mass is 10.0. The lowest BCUT2D eigenvalue weighted by molar-refractivity contribution is 0.481. The summed E-state index contributed by atoms with van der Waals surface area (Å²) in [4.78, 5) is 6.94. The second kappa shape index (κ2) is 6.19. The van der Waals surface area contributed by atoms with Crippen molar-refractivity contribution in [3.63, 3.8) is 0 Å². The number of pyridine rings is 1. The van der Waals surface area contributed by atoms with Crippen molar-refractivity contribution in [1.82, 2.24) is 9.55 Å². The van der Waals surface area contributed by atoms with Gasteiger partial charge in [0.15, 0.2) is 0 Å². The third-order valence-electron chi connectivity index (χ3n) is 4.85. The molecular weight excluding hydrogens is 298 g/mol. The minimum atomic E-state index is 0.973. The van der Waals surface area contributed by atoms with Crippen LogP contribution in [0.15, 0.2) is 52.7 Å². The maximum absolute atomic E-state index is 5.67. The van der Waals surface area contributed by atoms with Crippen molar-refractivity contribution in [2.45, 2.75) is 26.2 Å². The molecule has 0 aromatic carbocycles. The van der Waals surface area contributed by atoms with Crippen LogP contribution in [0.25, 0.3) is 11.0 Å². The van der Waals surface area contributed by atoms with Gasteiger partial charge in [-0.3, -0.25) is 0 Å². The molecule has 0 saturated carbocycles. The number of fused-ring (bicyclic) bond motifs is 1. The van der Waals surface area contributed by atoms with Crippen LogP contribution in [0.3, 0.4) is 0 Å². The van der Waals surface area contributed by atoms with Crippen LogP contribution in [0.4, 0.5) is 5.69 Å². The fourth-order valence-electron chi connectivity index (χ4n) is 3.50. The molecule has 0 fully saturated rings. The molecular formula is C20H23N3O. The molecule has 0 N–H and O–H groups in total. The van der Waals surface area contributed by atoms with Crippen molar-refractivity contribution >= 4 is 16.7 Å². The van der Waals surface area contributed by atoms with Gasteiger partial charge in [0.2, 0.25) is 0 Å². The average Bonchev–Trinajstić information content (AvgIpc) is 3.18. The average molecular weight is 321 g/mol. The van der Waals surface area contributed by atoms with Crippen LogP contribution < -0.4 is 4.90 Å². The molecule has 4 heteroatoms. The first-order valence-corrected chi connectivity index (χ1v) is 8.59. The zero-order chi connectivity index (χ0) is 16.5. The van der Waals surface area contributed by atoms with E-state index in [0.29, 0.717) is 0 Å². The first kappa shape index (κ1) is 15.1. The van der Waals surface area contributed by atoms with Gasteiger partial charge in [0.05, 0.1) is 5.69 Å². The molecule has 0 unspecified atom stereocenters. The monoisotopic (exact) mass is 321 g/mol. The molecule has 3 aromatic heterocycles. The standard InChI is InChI=1S/C20H23N3O/c1-15-5-7-17(24-15)8-6-16-9-12-23(13-10-16)19-14-22(2)20-18(19)4-3-11-21-20/h3-5,7,9,11,14H,6,8,10,12-13H2,1-2H3. The molecule has 1 aliphatic heterocycles. The van der Waals surface area contributed by atoms with Crippen molar-refractivity contribution in [2.24, 2.45) is 7.05 Å². The Bertz CT molecular complexity index is 887. The normalized spacial score (nSPS) is 15.1. The lowest BCUT2D eigenvalue weighted by Crippen LogP contribution is -2.28. The van der Waals surface area contributed by atoms with E-state index in [2.05, 4.69) is 45.9 Å². The summed E-state index contributed by atoms with van der Waals surface area (Å²) in [6, 6.07) is 8.31. The van der Waals surface area contributed by atoms with Crippen molar-refractivity contribution < 1.29 is 4.42 Å². The van der Waals surface area contributed by atoms with Gasteiger partial charge >= 0.3 is 0 Å². The van der Waals surface area contributed by atoms with E-state index in [1.54, 1.807) is 5.57 Å². The van der Waals surface area contributed by atoms with E-state index in [1.165, 1.54) is 11.1 Å². The van der Waals surface area contributed by atoms with E-state index in [0.717, 1.165) is 49.5 Å². The molecule has 1 aliphatic rings. The summed E-state index contributed by atoms with van der Waals surface area (Å²) in [5.41, 5.74) is 3.88. The molecule has 24 heavy (non-hydrogen) atoms. The van der Waals surface area contributed by atoms with Crippen LogP contribution in [0.5, 0.6) is 0 Å². The van der Waals surface area contributed by atoms with Crippen molar-refractivity contribution in [3.05, 3.63) is 59.8 Å². The molecule has 3 aromatic rings. The summed E-state index contributed by atoms with van der Waals surface area (Å²) in [6.07, 6.45) is 9.65. The maximum atomic E-state index is 5.67. The highest BCUT2D eigenvalue weighted by Gasteiger charge is 2.17. The Morgan fingerprint density at radius 2 is 2.12 bits per heavy atom. The summed E-state index contributed by atoms with van der Waals surface area (Å²) in [7, 11) is 2.06. The third kappa shape index (κ3) is 2.84. The van der Waals surface area contributed by atoms with Gasteiger partial charge in [-0.1, -0.05) is 11.6 Å². The fraction of sp³-hybridized carbons (Fsp3) is 0.350. The second-order valence-corrected chi connectivity index (χ2v) is 6.57. The highest BCUT2D eigenvalue weighted by atomic mass is 16.3. The van der Waals surface area contributed by atoms with Crippen LogP contribution in [0.1, 0.15) is 24.4 Å². The Labute approximate surface area is 142 Å². The number of hydrogen-bond acceptors (Lipinski definition) is 3. The molecule has 0 bridgehead atoms. The molecule has 0 atom stereocenters. The molecule has 0 saturated heterocycles. The lowest BCUT2D eigenvalue weighted by Gasteiger charge is -2.28. The molecule has 4 rings (SSSR count). The minimum absolute atomic E-state index is 0.973. The minimum Gasteiger partial charge on any atom is -0.466 e. The fourth-order valence-corrected chi connectivity index (χ4v) is 3.50. The second-order valence-electron chi connectivity index (χ2n) is 6.57. The van der Waals surface area contributed by atoms with E-state index >= 15 is 0 Å². The Morgan fingerprint density at radius 1 is 1.21 bits per heavy atom. The van der Waals surface area contributed by atoms with Gasteiger partial charge < -0.3 is 13.9 Å². The summed E-state index contributed by atoms with van der Waals surface area (Å²) in [5.74, 6) is 2.09. The number of aromatic nitrogens is 2.